The lowest BCUT2D eigenvalue weighted by Gasteiger charge is -2.06. The molecule has 7 heteroatoms. The highest BCUT2D eigenvalue weighted by Gasteiger charge is 2.07. The maximum atomic E-state index is 12.1. The van der Waals surface area contributed by atoms with E-state index in [1.54, 1.807) is 48.5 Å². The molecule has 0 unspecified atom stereocenters. The number of rotatable bonds is 5. The highest BCUT2D eigenvalue weighted by atomic mass is 16.4. The van der Waals surface area contributed by atoms with Gasteiger partial charge in [-0.15, -0.1) is 5.11 Å². The van der Waals surface area contributed by atoms with Crippen molar-refractivity contribution in [2.45, 2.75) is 0 Å². The van der Waals surface area contributed by atoms with Gasteiger partial charge in [0.1, 0.15) is 0 Å². The SMILES string of the molecule is N=NC(=N)c1ccc(C(=O)Nc2ccc(/C=C/C(=O)O)cc2)cc1. The molecule has 0 bridgehead atoms. The minimum atomic E-state index is -1.03. The highest BCUT2D eigenvalue weighted by Crippen LogP contribution is 2.13. The van der Waals surface area contributed by atoms with E-state index >= 15 is 0 Å². The van der Waals surface area contributed by atoms with Gasteiger partial charge < -0.3 is 10.4 Å². The van der Waals surface area contributed by atoms with Gasteiger partial charge in [-0.05, 0) is 35.9 Å². The standard InChI is InChI=1S/C17H14N4O3/c18-16(21-19)12-4-6-13(7-5-12)17(24)20-14-8-1-11(2-9-14)3-10-15(22)23/h1-10,18-19H,(H,20,24)(H,22,23)/b10-3+,18-16?,21-19?. The van der Waals surface area contributed by atoms with Crippen LogP contribution in [0.1, 0.15) is 21.5 Å². The fraction of sp³-hybridized carbons (Fsp3) is 0. The van der Waals surface area contributed by atoms with Gasteiger partial charge in [0.05, 0.1) is 0 Å². The second-order valence-corrected chi connectivity index (χ2v) is 4.79. The van der Waals surface area contributed by atoms with E-state index in [-0.39, 0.29) is 11.7 Å². The van der Waals surface area contributed by atoms with E-state index in [0.29, 0.717) is 22.4 Å². The first-order valence-electron chi connectivity index (χ1n) is 6.88. The van der Waals surface area contributed by atoms with Gasteiger partial charge in [-0.3, -0.25) is 10.2 Å². The minimum absolute atomic E-state index is 0.174. The van der Waals surface area contributed by atoms with Crippen LogP contribution in [0.5, 0.6) is 0 Å². The second kappa shape index (κ2) is 7.59. The number of carboxylic acids is 1. The van der Waals surface area contributed by atoms with Crippen LogP contribution in [-0.4, -0.2) is 22.8 Å². The summed E-state index contributed by atoms with van der Waals surface area (Å²) >= 11 is 0. The van der Waals surface area contributed by atoms with Crippen molar-refractivity contribution < 1.29 is 14.7 Å². The number of carbonyl (C=O) groups excluding carboxylic acids is 1. The molecular formula is C17H14N4O3. The summed E-state index contributed by atoms with van der Waals surface area (Å²) in [5, 5.41) is 21.7. The quantitative estimate of drug-likeness (QED) is 0.291. The lowest BCUT2D eigenvalue weighted by atomic mass is 10.1. The van der Waals surface area contributed by atoms with Gasteiger partial charge in [0, 0.05) is 22.9 Å². The van der Waals surface area contributed by atoms with Crippen LogP contribution < -0.4 is 5.32 Å². The summed E-state index contributed by atoms with van der Waals surface area (Å²) in [6.45, 7) is 0. The molecule has 7 nitrogen and oxygen atoms in total. The van der Waals surface area contributed by atoms with Crippen LogP contribution in [0.4, 0.5) is 5.69 Å². The third kappa shape index (κ3) is 4.44. The monoisotopic (exact) mass is 322 g/mol. The van der Waals surface area contributed by atoms with Gasteiger partial charge in [0.25, 0.3) is 5.91 Å². The predicted octanol–water partition coefficient (Wildman–Crippen LogP) is 3.39. The number of nitrogens with one attached hydrogen (secondary N) is 3. The van der Waals surface area contributed by atoms with Crippen LogP contribution in [0.3, 0.4) is 0 Å². The van der Waals surface area contributed by atoms with Crippen LogP contribution in [0.25, 0.3) is 6.08 Å². The number of hydrogen-bond donors (Lipinski definition) is 4. The average molecular weight is 322 g/mol. The number of hydrogen-bond acceptors (Lipinski definition) is 4. The maximum absolute atomic E-state index is 12.1. The molecule has 0 spiro atoms. The van der Waals surface area contributed by atoms with Crippen LogP contribution >= 0.6 is 0 Å². The molecule has 0 saturated heterocycles. The van der Waals surface area contributed by atoms with Crippen LogP contribution in [0.15, 0.2) is 59.7 Å². The Morgan fingerprint density at radius 3 is 2.12 bits per heavy atom. The summed E-state index contributed by atoms with van der Waals surface area (Å²) in [7, 11) is 0. The Bertz CT molecular complexity index is 809. The Balaban J connectivity index is 2.05. The lowest BCUT2D eigenvalue weighted by Crippen LogP contribution is -2.12. The molecule has 2 rings (SSSR count). The largest absolute Gasteiger partial charge is 0.478 e. The fourth-order valence-electron chi connectivity index (χ4n) is 1.89. The molecule has 0 aliphatic carbocycles. The van der Waals surface area contributed by atoms with E-state index in [2.05, 4.69) is 10.4 Å². The van der Waals surface area contributed by atoms with Gasteiger partial charge in [-0.25, -0.2) is 10.3 Å². The first kappa shape index (κ1) is 16.8. The van der Waals surface area contributed by atoms with Crippen molar-refractivity contribution in [2.24, 2.45) is 5.11 Å². The van der Waals surface area contributed by atoms with Crippen molar-refractivity contribution in [3.63, 3.8) is 0 Å². The summed E-state index contributed by atoms with van der Waals surface area (Å²) in [4.78, 5) is 22.6. The molecule has 120 valence electrons. The molecule has 0 radical (unpaired) electrons. The molecule has 0 aliphatic rings. The normalized spacial score (nSPS) is 10.3. The molecular weight excluding hydrogens is 308 g/mol. The molecule has 0 heterocycles. The van der Waals surface area contributed by atoms with E-state index in [1.807, 2.05) is 0 Å². The Morgan fingerprint density at radius 2 is 1.58 bits per heavy atom. The van der Waals surface area contributed by atoms with Gasteiger partial charge >= 0.3 is 5.97 Å². The Kier molecular flexibility index (Phi) is 5.30. The molecule has 0 aromatic heterocycles. The number of amidine groups is 1. The molecule has 1 amide bonds. The smallest absolute Gasteiger partial charge is 0.328 e. The Labute approximate surface area is 137 Å². The number of aliphatic carboxylic acids is 1. The first-order valence-corrected chi connectivity index (χ1v) is 6.88. The maximum Gasteiger partial charge on any atom is 0.328 e. The Hall–Kier alpha value is -3.61. The molecule has 0 fully saturated rings. The molecule has 24 heavy (non-hydrogen) atoms. The van der Waals surface area contributed by atoms with Crippen molar-refractivity contribution >= 4 is 29.5 Å². The molecule has 0 saturated carbocycles. The number of nitrogens with zero attached hydrogens (tertiary/aromatic N) is 1. The molecule has 0 atom stereocenters. The predicted molar refractivity (Wildman–Crippen MR) is 89.5 cm³/mol. The minimum Gasteiger partial charge on any atom is -0.478 e. The van der Waals surface area contributed by atoms with E-state index in [1.165, 1.54) is 6.08 Å². The molecule has 2 aromatic carbocycles. The second-order valence-electron chi connectivity index (χ2n) is 4.79. The molecule has 2 aromatic rings. The number of carboxylic acid groups (broad SMARTS) is 1. The zero-order valence-corrected chi connectivity index (χ0v) is 12.5. The summed E-state index contributed by atoms with van der Waals surface area (Å²) in [6, 6.07) is 12.9. The lowest BCUT2D eigenvalue weighted by molar-refractivity contribution is -0.131. The van der Waals surface area contributed by atoms with Crippen LogP contribution in [0, 0.1) is 10.9 Å². The van der Waals surface area contributed by atoms with E-state index in [9.17, 15) is 9.59 Å². The zero-order valence-electron chi connectivity index (χ0n) is 12.5. The van der Waals surface area contributed by atoms with E-state index in [4.69, 9.17) is 16.0 Å². The van der Waals surface area contributed by atoms with Gasteiger partial charge in [-0.1, -0.05) is 24.3 Å². The van der Waals surface area contributed by atoms with Crippen molar-refractivity contribution in [2.75, 3.05) is 5.32 Å². The number of carbonyl (C=O) groups is 2. The van der Waals surface area contributed by atoms with Gasteiger partial charge in [-0.2, -0.15) is 0 Å². The van der Waals surface area contributed by atoms with Crippen LogP contribution in [-0.2, 0) is 4.79 Å². The zero-order chi connectivity index (χ0) is 17.5. The Morgan fingerprint density at radius 1 is 1.00 bits per heavy atom. The van der Waals surface area contributed by atoms with E-state index < -0.39 is 5.97 Å². The number of anilines is 1. The van der Waals surface area contributed by atoms with Crippen molar-refractivity contribution in [3.05, 3.63) is 71.3 Å². The van der Waals surface area contributed by atoms with Crippen LogP contribution in [0.2, 0.25) is 0 Å². The topological polar surface area (TPSA) is 126 Å². The van der Waals surface area contributed by atoms with Gasteiger partial charge in [0.15, 0.2) is 5.84 Å². The van der Waals surface area contributed by atoms with Crippen molar-refractivity contribution in [1.82, 2.24) is 0 Å². The summed E-state index contributed by atoms with van der Waals surface area (Å²) in [5.74, 6) is -1.51. The number of amides is 1. The number of benzene rings is 2. The summed E-state index contributed by atoms with van der Waals surface area (Å²) < 4.78 is 0. The summed E-state index contributed by atoms with van der Waals surface area (Å²) in [5.41, 5.74) is 8.93. The first-order chi connectivity index (χ1) is 11.5. The average Bonchev–Trinajstić information content (AvgIpc) is 2.60. The summed E-state index contributed by atoms with van der Waals surface area (Å²) in [6.07, 6.45) is 2.49. The van der Waals surface area contributed by atoms with Crippen molar-refractivity contribution in [1.29, 1.82) is 10.9 Å². The third-order valence-electron chi connectivity index (χ3n) is 3.12. The molecule has 4 N–H and O–H groups in total. The third-order valence-corrected chi connectivity index (χ3v) is 3.12. The fourth-order valence-corrected chi connectivity index (χ4v) is 1.89. The van der Waals surface area contributed by atoms with Crippen molar-refractivity contribution in [3.8, 4) is 0 Å². The highest BCUT2D eigenvalue weighted by molar-refractivity contribution is 6.05. The van der Waals surface area contributed by atoms with Gasteiger partial charge in [0.2, 0.25) is 0 Å². The van der Waals surface area contributed by atoms with E-state index in [0.717, 1.165) is 6.08 Å². The molecule has 0 aliphatic heterocycles.